The number of primary amides is 2. The summed E-state index contributed by atoms with van der Waals surface area (Å²) in [5, 5.41) is 13.7. The van der Waals surface area contributed by atoms with Crippen LogP contribution in [0.25, 0.3) is 0 Å². The summed E-state index contributed by atoms with van der Waals surface area (Å²) < 4.78 is 0.965. The van der Waals surface area contributed by atoms with Gasteiger partial charge in [-0.05, 0) is 62.6 Å². The Kier molecular flexibility index (Phi) is 36.5. The van der Waals surface area contributed by atoms with E-state index in [-0.39, 0.29) is 114 Å². The topological polar surface area (TPSA) is 395 Å². The van der Waals surface area contributed by atoms with E-state index in [4.69, 9.17) is 28.7 Å². The third kappa shape index (κ3) is 31.7. The molecule has 2 aromatic carbocycles. The van der Waals surface area contributed by atoms with E-state index >= 15 is 0 Å². The Morgan fingerprint density at radius 3 is 1.53 bits per heavy atom. The first-order valence-electron chi connectivity index (χ1n) is 30.2. The smallest absolute Gasteiger partial charge is 0.370 e. The van der Waals surface area contributed by atoms with Gasteiger partial charge < -0.3 is 34.0 Å². The van der Waals surface area contributed by atoms with Crippen LogP contribution in [0, 0.1) is 41.4 Å². The summed E-state index contributed by atoms with van der Waals surface area (Å²) in [5.74, 6) is -10.7. The molecule has 0 aliphatic rings. The Morgan fingerprint density at radius 2 is 0.977 bits per heavy atom. The molecule has 0 saturated heterocycles. The Morgan fingerprint density at radius 1 is 0.477 bits per heavy atom. The summed E-state index contributed by atoms with van der Waals surface area (Å²) in [6.07, 6.45) is 1.21. The van der Waals surface area contributed by atoms with Crippen LogP contribution in [-0.4, -0.2) is 136 Å². The molecule has 22 nitrogen and oxygen atoms in total. The molecule has 23 heteroatoms. The summed E-state index contributed by atoms with van der Waals surface area (Å²) >= 11 is -0.270. The average molecular weight is 1270 g/mol. The Labute approximate surface area is 514 Å². The van der Waals surface area contributed by atoms with Crippen molar-refractivity contribution in [3.05, 3.63) is 66.2 Å². The zero-order valence-corrected chi connectivity index (χ0v) is 53.1. The SMILES string of the molecule is CC(C)C[C@H](CC(=O)CNC(=O)[C@H](C[Se]c1ccccc1)CC(=O)CNC(=O)CCC(=O)[C@H](Cc1ccccc1)NC(=O)[C@@H](N)CC(C)C)C(=O)N[C@@H](CC(C)C)C(=O)C[C@@H](CCCCN)C(=O)N[C@@H](CC(N)=O)C(=O)C[C@@H](CCCCN)C(N)=O. The number of amides is 7. The van der Waals surface area contributed by atoms with E-state index in [9.17, 15) is 57.5 Å². The third-order valence-electron chi connectivity index (χ3n) is 14.4. The van der Waals surface area contributed by atoms with Crippen LogP contribution in [0.1, 0.15) is 150 Å². The van der Waals surface area contributed by atoms with Crippen molar-refractivity contribution >= 4 is 89.7 Å². The van der Waals surface area contributed by atoms with E-state index in [2.05, 4.69) is 26.6 Å². The normalized spacial score (nSPS) is 14.1. The van der Waals surface area contributed by atoms with Gasteiger partial charge in [-0.1, -0.05) is 70.9 Å². The van der Waals surface area contributed by atoms with E-state index in [0.717, 1.165) is 10.0 Å². The molecule has 86 heavy (non-hydrogen) atoms. The predicted octanol–water partition coefficient (Wildman–Crippen LogP) is 2.10. The molecule has 478 valence electrons. The van der Waals surface area contributed by atoms with Crippen LogP contribution >= 0.6 is 0 Å². The van der Waals surface area contributed by atoms with E-state index < -0.39 is 132 Å². The minimum absolute atomic E-state index is 0.0806. The monoisotopic (exact) mass is 1270 g/mol. The maximum absolute atomic E-state index is 14.3. The van der Waals surface area contributed by atoms with Crippen LogP contribution in [0.5, 0.6) is 0 Å². The van der Waals surface area contributed by atoms with Crippen LogP contribution < -0.4 is 59.7 Å². The molecule has 2 aromatic rings. The fourth-order valence-corrected chi connectivity index (χ4v) is 11.9. The Bertz CT molecular complexity index is 2520. The summed E-state index contributed by atoms with van der Waals surface area (Å²) in [4.78, 5) is 161. The van der Waals surface area contributed by atoms with Crippen LogP contribution in [0.3, 0.4) is 0 Å². The molecule has 0 unspecified atom stereocenters. The van der Waals surface area contributed by atoms with Crippen molar-refractivity contribution in [1.29, 1.82) is 0 Å². The molecular formula is C63H98N10O12Se. The summed E-state index contributed by atoms with van der Waals surface area (Å²) in [6.45, 7) is 11.1. The van der Waals surface area contributed by atoms with E-state index in [1.807, 2.05) is 102 Å². The maximum atomic E-state index is 14.3. The molecule has 0 heterocycles. The molecule has 0 radical (unpaired) electrons. The van der Waals surface area contributed by atoms with Gasteiger partial charge in [0.1, 0.15) is 0 Å². The molecule has 15 N–H and O–H groups in total. The van der Waals surface area contributed by atoms with Crippen LogP contribution in [0.15, 0.2) is 60.7 Å². The minimum atomic E-state index is -1.40. The van der Waals surface area contributed by atoms with Crippen molar-refractivity contribution in [2.75, 3.05) is 26.2 Å². The van der Waals surface area contributed by atoms with Gasteiger partial charge in [-0.2, -0.15) is 0 Å². The molecule has 0 aliphatic carbocycles. The number of Topliss-reactive ketones (excluding diaryl/α,β-unsaturated/α-hetero) is 5. The van der Waals surface area contributed by atoms with Crippen molar-refractivity contribution in [2.45, 2.75) is 180 Å². The second kappa shape index (κ2) is 41.6. The fraction of sp³-hybridized carbons (Fsp3) is 0.619. The first-order valence-corrected chi connectivity index (χ1v) is 32.3. The quantitative estimate of drug-likeness (QED) is 0.0335. The molecule has 0 spiro atoms. The summed E-state index contributed by atoms with van der Waals surface area (Å²) in [6, 6.07) is 14.2. The molecule has 0 bridgehead atoms. The average Bonchev–Trinajstić information content (AvgIpc) is 3.59. The number of nitrogens with one attached hydrogen (secondary N) is 5. The van der Waals surface area contributed by atoms with Crippen LogP contribution in [0.4, 0.5) is 0 Å². The number of nitrogens with two attached hydrogens (primary N) is 5. The van der Waals surface area contributed by atoms with Crippen molar-refractivity contribution in [3.8, 4) is 0 Å². The third-order valence-corrected chi connectivity index (χ3v) is 16.9. The van der Waals surface area contributed by atoms with Crippen molar-refractivity contribution in [2.24, 2.45) is 70.1 Å². The van der Waals surface area contributed by atoms with E-state index in [1.165, 1.54) is 0 Å². The zero-order valence-electron chi connectivity index (χ0n) is 51.4. The number of rotatable bonds is 47. The molecule has 0 fully saturated rings. The fourth-order valence-electron chi connectivity index (χ4n) is 9.78. The number of ketones is 5. The van der Waals surface area contributed by atoms with E-state index in [1.54, 1.807) is 0 Å². The van der Waals surface area contributed by atoms with Gasteiger partial charge in [-0.3, -0.25) is 28.8 Å². The molecule has 2 rings (SSSR count). The van der Waals surface area contributed by atoms with Crippen LogP contribution in [-0.2, 0) is 64.0 Å². The number of carbonyl (C=O) groups is 12. The first-order chi connectivity index (χ1) is 40.7. The first kappa shape index (κ1) is 75.6. The van der Waals surface area contributed by atoms with Gasteiger partial charge in [0.2, 0.25) is 23.6 Å². The van der Waals surface area contributed by atoms with Gasteiger partial charge in [-0.25, -0.2) is 0 Å². The number of hydrogen-bond acceptors (Lipinski definition) is 15. The molecule has 0 aromatic heterocycles. The van der Waals surface area contributed by atoms with Gasteiger partial charge in [0.15, 0.2) is 5.78 Å². The van der Waals surface area contributed by atoms with Gasteiger partial charge in [0.05, 0.1) is 18.5 Å². The Balaban J connectivity index is 2.21. The summed E-state index contributed by atoms with van der Waals surface area (Å²) in [7, 11) is 0. The molecule has 0 aliphatic heterocycles. The van der Waals surface area contributed by atoms with Gasteiger partial charge in [0.25, 0.3) is 0 Å². The van der Waals surface area contributed by atoms with Crippen molar-refractivity contribution in [1.82, 2.24) is 26.6 Å². The standard InChI is InChI=1S/C63H98N10O12Se/c1-39(2)27-45(62(84)71-51(29-41(5)6)56(78)34-44(20-14-16-26-65)61(83)72-53(35-57(67)79)55(77)33-43(59(68)81)19-13-15-25-64)31-47(74)37-70-60(82)46(38-86-49-21-11-8-12-22-49)32-48(75)36-69-58(80)24-23-54(76)52(30-42-17-9-7-10-18-42)73-63(85)50(66)28-40(3)4/h7-12,17-18,21-22,39-41,43-46,50-53H,13-16,19-20,23-38,64-66H2,1-6H3,(H2,67,79)(H2,68,81)(H,69,80)(H,70,82)(H,71,84)(H,72,83)(H,73,85)/t43-,44-,45-,46+,50+,51+,52+,53+/m1/s1. The zero-order chi connectivity index (χ0) is 64.3. The van der Waals surface area contributed by atoms with Gasteiger partial charge in [0, 0.05) is 24.7 Å². The number of benzene rings is 2. The summed E-state index contributed by atoms with van der Waals surface area (Å²) in [5.41, 5.74) is 29.4. The second-order valence-electron chi connectivity index (χ2n) is 23.7. The van der Waals surface area contributed by atoms with Crippen molar-refractivity contribution < 1.29 is 57.5 Å². The minimum Gasteiger partial charge on any atom is -0.370 e. The van der Waals surface area contributed by atoms with Crippen LogP contribution in [0.2, 0.25) is 5.32 Å². The van der Waals surface area contributed by atoms with Crippen molar-refractivity contribution in [3.63, 3.8) is 0 Å². The second-order valence-corrected chi connectivity index (χ2v) is 26.0. The number of carbonyl (C=O) groups excluding carboxylic acids is 12. The van der Waals surface area contributed by atoms with E-state index in [0.29, 0.717) is 45.2 Å². The molecular weight excluding hydrogens is 1170 g/mol. The Hall–Kier alpha value is -6.52. The van der Waals surface area contributed by atoms with Gasteiger partial charge in [-0.15, -0.1) is 0 Å². The predicted molar refractivity (Wildman–Crippen MR) is 330 cm³/mol. The molecule has 7 amide bonds. The number of hydrogen-bond donors (Lipinski definition) is 10. The molecule has 8 atom stereocenters. The molecule has 0 saturated carbocycles. The van der Waals surface area contributed by atoms with Gasteiger partial charge >= 0.3 is 248 Å². The number of unbranched alkanes of at least 4 members (excludes halogenated alkanes) is 2.